The Bertz CT molecular complexity index is 277. The zero-order chi connectivity index (χ0) is 10.9. The van der Waals surface area contributed by atoms with E-state index < -0.39 is 0 Å². The zero-order valence-corrected chi connectivity index (χ0v) is 9.02. The number of carbonyl (C=O) groups excluding carboxylic acids is 1. The van der Waals surface area contributed by atoms with Crippen LogP contribution < -0.4 is 10.2 Å². The average molecular weight is 229 g/mol. The van der Waals surface area contributed by atoms with Crippen LogP contribution in [-0.2, 0) is 4.79 Å². The predicted molar refractivity (Wildman–Crippen MR) is 59.7 cm³/mol. The van der Waals surface area contributed by atoms with Crippen molar-refractivity contribution in [2.24, 2.45) is 0 Å². The monoisotopic (exact) mass is 228 g/mol. The number of hydrogen-bond donors (Lipinski definition) is 1. The molecule has 0 radical (unpaired) electrons. The molecule has 15 heavy (non-hydrogen) atoms. The zero-order valence-electron chi connectivity index (χ0n) is 8.27. The molecular formula is C9H13ClN4O. The van der Waals surface area contributed by atoms with Gasteiger partial charge in [-0.3, -0.25) is 4.79 Å². The minimum absolute atomic E-state index is 0.222. The first-order valence-corrected chi connectivity index (χ1v) is 5.08. The summed E-state index contributed by atoms with van der Waals surface area (Å²) in [5.41, 5.74) is 0. The minimum Gasteiger partial charge on any atom is -0.338 e. The van der Waals surface area contributed by atoms with Gasteiger partial charge >= 0.3 is 0 Å². The van der Waals surface area contributed by atoms with E-state index in [9.17, 15) is 0 Å². The first-order valence-electron chi connectivity index (χ1n) is 4.65. The van der Waals surface area contributed by atoms with Crippen LogP contribution in [0, 0.1) is 0 Å². The maximum absolute atomic E-state index is 8.57. The lowest BCUT2D eigenvalue weighted by molar-refractivity contribution is 0.569. The number of hydrogen-bond acceptors (Lipinski definition) is 5. The average Bonchev–Trinajstić information content (AvgIpc) is 2.32. The van der Waals surface area contributed by atoms with E-state index in [2.05, 4.69) is 31.8 Å². The lowest BCUT2D eigenvalue weighted by atomic mass is 10.4. The van der Waals surface area contributed by atoms with Crippen molar-refractivity contribution in [3.63, 3.8) is 0 Å². The van der Waals surface area contributed by atoms with Gasteiger partial charge in [-0.1, -0.05) is 0 Å². The van der Waals surface area contributed by atoms with Gasteiger partial charge < -0.3 is 10.2 Å². The SMILES string of the molecule is O=CCl.c1cnc(N2CCNCC2)nc1. The number of rotatable bonds is 1. The van der Waals surface area contributed by atoms with Crippen LogP contribution in [0.1, 0.15) is 0 Å². The largest absolute Gasteiger partial charge is 0.338 e. The predicted octanol–water partition coefficient (Wildman–Crippen LogP) is 0.302. The molecule has 0 unspecified atom stereocenters. The normalized spacial score (nSPS) is 15.1. The van der Waals surface area contributed by atoms with Crippen molar-refractivity contribution < 1.29 is 4.79 Å². The lowest BCUT2D eigenvalue weighted by Crippen LogP contribution is -2.44. The number of aromatic nitrogens is 2. The van der Waals surface area contributed by atoms with E-state index in [1.807, 2.05) is 6.07 Å². The van der Waals surface area contributed by atoms with E-state index in [4.69, 9.17) is 4.79 Å². The Morgan fingerprint density at radius 2 is 1.87 bits per heavy atom. The maximum atomic E-state index is 8.57. The molecule has 5 nitrogen and oxygen atoms in total. The van der Waals surface area contributed by atoms with Crippen molar-refractivity contribution in [2.75, 3.05) is 31.1 Å². The van der Waals surface area contributed by atoms with E-state index in [0.717, 1.165) is 32.1 Å². The van der Waals surface area contributed by atoms with E-state index in [1.165, 1.54) is 0 Å². The highest BCUT2D eigenvalue weighted by molar-refractivity contribution is 6.54. The van der Waals surface area contributed by atoms with Crippen LogP contribution in [0.15, 0.2) is 18.5 Å². The van der Waals surface area contributed by atoms with Crippen molar-refractivity contribution in [1.29, 1.82) is 0 Å². The Labute approximate surface area is 93.5 Å². The molecule has 1 aliphatic rings. The van der Waals surface area contributed by atoms with Crippen LogP contribution in [0.4, 0.5) is 5.95 Å². The molecule has 1 saturated heterocycles. The lowest BCUT2D eigenvalue weighted by Gasteiger charge is -2.26. The van der Waals surface area contributed by atoms with Crippen LogP contribution >= 0.6 is 11.6 Å². The van der Waals surface area contributed by atoms with Gasteiger partial charge in [0.25, 0.3) is 0 Å². The van der Waals surface area contributed by atoms with Crippen molar-refractivity contribution in [1.82, 2.24) is 15.3 Å². The van der Waals surface area contributed by atoms with Gasteiger partial charge in [-0.05, 0) is 17.7 Å². The van der Waals surface area contributed by atoms with E-state index in [1.54, 1.807) is 12.4 Å². The van der Waals surface area contributed by atoms with Crippen molar-refractivity contribution in [3.8, 4) is 0 Å². The summed E-state index contributed by atoms with van der Waals surface area (Å²) in [5.74, 6) is 1.07. The van der Waals surface area contributed by atoms with Crippen LogP contribution in [0.5, 0.6) is 0 Å². The summed E-state index contributed by atoms with van der Waals surface area (Å²) in [6.07, 6.45) is 3.56. The molecule has 2 heterocycles. The number of nitrogens with zero attached hydrogens (tertiary/aromatic N) is 3. The number of piperazine rings is 1. The molecular weight excluding hydrogens is 216 g/mol. The quantitative estimate of drug-likeness (QED) is 0.554. The number of nitrogens with one attached hydrogen (secondary N) is 1. The molecule has 1 N–H and O–H groups in total. The fraction of sp³-hybridized carbons (Fsp3) is 0.444. The maximum Gasteiger partial charge on any atom is 0.225 e. The fourth-order valence-corrected chi connectivity index (χ4v) is 1.32. The van der Waals surface area contributed by atoms with Gasteiger partial charge in [0.15, 0.2) is 0 Å². The first-order chi connectivity index (χ1) is 7.38. The molecule has 6 heteroatoms. The second-order valence-corrected chi connectivity index (χ2v) is 3.05. The van der Waals surface area contributed by atoms with Gasteiger partial charge in [-0.15, -0.1) is 0 Å². The molecule has 0 aromatic carbocycles. The Morgan fingerprint density at radius 3 is 2.40 bits per heavy atom. The highest BCUT2D eigenvalue weighted by Gasteiger charge is 2.11. The Morgan fingerprint density at radius 1 is 1.33 bits per heavy atom. The molecule has 1 aliphatic heterocycles. The molecule has 1 aromatic heterocycles. The molecule has 1 aromatic rings. The van der Waals surface area contributed by atoms with Gasteiger partial charge in [0.1, 0.15) is 0 Å². The van der Waals surface area contributed by atoms with Gasteiger partial charge in [-0.25, -0.2) is 9.97 Å². The van der Waals surface area contributed by atoms with Crippen molar-refractivity contribution >= 4 is 23.3 Å². The van der Waals surface area contributed by atoms with Crippen LogP contribution in [-0.4, -0.2) is 41.9 Å². The standard InChI is InChI=1S/C8H12N4.CHClO/c1-2-10-8(11-3-1)12-6-4-9-5-7-12;2-1-3/h1-3,9H,4-7H2;1H. The second-order valence-electron chi connectivity index (χ2n) is 2.87. The molecule has 0 aliphatic carbocycles. The summed E-state index contributed by atoms with van der Waals surface area (Å²) in [4.78, 5) is 19.1. The Kier molecular flexibility index (Phi) is 5.65. The highest BCUT2D eigenvalue weighted by Crippen LogP contribution is 2.04. The third kappa shape index (κ3) is 4.22. The number of carbonyl (C=O) groups is 1. The fourth-order valence-electron chi connectivity index (χ4n) is 1.32. The molecule has 1 fully saturated rings. The van der Waals surface area contributed by atoms with E-state index in [-0.39, 0.29) is 5.75 Å². The van der Waals surface area contributed by atoms with Crippen LogP contribution in [0.3, 0.4) is 0 Å². The highest BCUT2D eigenvalue weighted by atomic mass is 35.5. The molecule has 82 valence electrons. The minimum atomic E-state index is 0.222. The van der Waals surface area contributed by atoms with E-state index in [0.29, 0.717) is 0 Å². The van der Waals surface area contributed by atoms with Gasteiger partial charge in [-0.2, -0.15) is 0 Å². The summed E-state index contributed by atoms with van der Waals surface area (Å²) in [6.45, 7) is 4.06. The molecule has 0 saturated carbocycles. The van der Waals surface area contributed by atoms with Gasteiger partial charge in [0, 0.05) is 38.6 Å². The number of halogens is 1. The van der Waals surface area contributed by atoms with Gasteiger partial charge in [0.05, 0.1) is 0 Å². The number of anilines is 1. The summed E-state index contributed by atoms with van der Waals surface area (Å²) >= 11 is 4.32. The Balaban J connectivity index is 0.000000337. The molecule has 0 atom stereocenters. The van der Waals surface area contributed by atoms with Crippen molar-refractivity contribution in [3.05, 3.63) is 18.5 Å². The molecule has 0 amide bonds. The van der Waals surface area contributed by atoms with E-state index >= 15 is 0 Å². The summed E-state index contributed by atoms with van der Waals surface area (Å²) in [7, 11) is 0. The molecule has 2 rings (SSSR count). The van der Waals surface area contributed by atoms with Crippen LogP contribution in [0.25, 0.3) is 0 Å². The summed E-state index contributed by atoms with van der Waals surface area (Å²) in [6, 6.07) is 1.84. The van der Waals surface area contributed by atoms with Crippen molar-refractivity contribution in [2.45, 2.75) is 0 Å². The summed E-state index contributed by atoms with van der Waals surface area (Å²) < 4.78 is 0. The summed E-state index contributed by atoms with van der Waals surface area (Å²) in [5, 5.41) is 3.29. The Hall–Kier alpha value is -1.20. The van der Waals surface area contributed by atoms with Gasteiger partial charge in [0.2, 0.25) is 11.7 Å². The smallest absolute Gasteiger partial charge is 0.225 e. The third-order valence-electron chi connectivity index (χ3n) is 1.95. The first kappa shape index (κ1) is 11.9. The third-order valence-corrected chi connectivity index (χ3v) is 1.95. The second kappa shape index (κ2) is 7.14. The topological polar surface area (TPSA) is 58.1 Å². The molecule has 0 spiro atoms. The van der Waals surface area contributed by atoms with Crippen LogP contribution in [0.2, 0.25) is 0 Å². The molecule has 0 bridgehead atoms.